The predicted octanol–water partition coefficient (Wildman–Crippen LogP) is -0.842. The number of hydrogen-bond donors (Lipinski definition) is 1. The van der Waals surface area contributed by atoms with Gasteiger partial charge in [-0.25, -0.2) is 0 Å². The topological polar surface area (TPSA) is 61.9 Å². The predicted molar refractivity (Wildman–Crippen MR) is 65.7 cm³/mol. The first-order valence-corrected chi connectivity index (χ1v) is 5.53. The second-order valence-corrected chi connectivity index (χ2v) is 4.38. The van der Waals surface area contributed by atoms with Gasteiger partial charge in [0.05, 0.1) is 19.7 Å². The molecule has 0 fully saturated rings. The van der Waals surface area contributed by atoms with E-state index in [0.717, 1.165) is 0 Å². The zero-order valence-electron chi connectivity index (χ0n) is 11.3. The molecule has 2 amide bonds. The van der Waals surface area contributed by atoms with E-state index in [4.69, 9.17) is 4.74 Å². The summed E-state index contributed by atoms with van der Waals surface area (Å²) in [4.78, 5) is 26.1. The number of carbonyl (C=O) groups is 2. The summed E-state index contributed by atoms with van der Waals surface area (Å²) >= 11 is 0. The van der Waals surface area contributed by atoms with E-state index in [1.54, 1.807) is 33.2 Å². The number of carbonyl (C=O) groups excluding carboxylic acids is 2. The van der Waals surface area contributed by atoms with Crippen LogP contribution in [-0.2, 0) is 14.3 Å². The molecule has 17 heavy (non-hydrogen) atoms. The van der Waals surface area contributed by atoms with E-state index in [1.165, 1.54) is 4.90 Å². The molecule has 1 atom stereocenters. The van der Waals surface area contributed by atoms with Gasteiger partial charge in [0.25, 0.3) is 0 Å². The van der Waals surface area contributed by atoms with Crippen molar-refractivity contribution in [1.29, 1.82) is 0 Å². The Morgan fingerprint density at radius 3 is 2.29 bits per heavy atom. The minimum Gasteiger partial charge on any atom is -0.383 e. The summed E-state index contributed by atoms with van der Waals surface area (Å²) in [7, 11) is 6.71. The van der Waals surface area contributed by atoms with Gasteiger partial charge < -0.3 is 15.0 Å². The van der Waals surface area contributed by atoms with Gasteiger partial charge in [-0.15, -0.1) is 0 Å². The molecular weight excluding hydrogens is 222 g/mol. The second-order valence-electron chi connectivity index (χ2n) is 4.38. The molecule has 0 saturated heterocycles. The number of hydrogen-bond acceptors (Lipinski definition) is 4. The molecule has 0 aromatic carbocycles. The maximum absolute atomic E-state index is 11.6. The van der Waals surface area contributed by atoms with Crippen molar-refractivity contribution in [1.82, 2.24) is 15.1 Å². The molecule has 100 valence electrons. The van der Waals surface area contributed by atoms with Crippen LogP contribution in [0.3, 0.4) is 0 Å². The summed E-state index contributed by atoms with van der Waals surface area (Å²) in [5.41, 5.74) is 0. The van der Waals surface area contributed by atoms with Crippen LogP contribution in [0.2, 0.25) is 0 Å². The number of amides is 2. The van der Waals surface area contributed by atoms with Crippen LogP contribution in [0.1, 0.15) is 6.92 Å². The van der Waals surface area contributed by atoms with Gasteiger partial charge in [0.15, 0.2) is 0 Å². The van der Waals surface area contributed by atoms with E-state index >= 15 is 0 Å². The van der Waals surface area contributed by atoms with Gasteiger partial charge in [-0.05, 0) is 14.0 Å². The molecule has 0 bridgehead atoms. The summed E-state index contributed by atoms with van der Waals surface area (Å²) in [5, 5.41) is 2.78. The summed E-state index contributed by atoms with van der Waals surface area (Å²) in [6.07, 6.45) is 0. The number of likely N-dealkylation sites (N-methyl/N-ethyl adjacent to an activating group) is 2. The number of nitrogens with zero attached hydrogens (tertiary/aromatic N) is 2. The number of rotatable bonds is 7. The fourth-order valence-corrected chi connectivity index (χ4v) is 1.29. The van der Waals surface area contributed by atoms with Crippen molar-refractivity contribution in [2.75, 3.05) is 47.9 Å². The van der Waals surface area contributed by atoms with Crippen molar-refractivity contribution < 1.29 is 14.3 Å². The van der Waals surface area contributed by atoms with Crippen LogP contribution >= 0.6 is 0 Å². The molecule has 0 aliphatic heterocycles. The molecule has 0 rings (SSSR count). The van der Waals surface area contributed by atoms with E-state index in [1.807, 2.05) is 6.92 Å². The summed E-state index contributed by atoms with van der Waals surface area (Å²) in [5.74, 6) is -0.131. The van der Waals surface area contributed by atoms with Crippen LogP contribution < -0.4 is 5.32 Å². The van der Waals surface area contributed by atoms with E-state index < -0.39 is 0 Å². The lowest BCUT2D eigenvalue weighted by Gasteiger charge is -2.19. The lowest BCUT2D eigenvalue weighted by molar-refractivity contribution is -0.130. The molecule has 6 nitrogen and oxygen atoms in total. The highest BCUT2D eigenvalue weighted by molar-refractivity contribution is 5.81. The van der Waals surface area contributed by atoms with E-state index in [9.17, 15) is 9.59 Å². The minimum absolute atomic E-state index is 0.0227. The Balaban J connectivity index is 3.91. The smallest absolute Gasteiger partial charge is 0.236 e. The van der Waals surface area contributed by atoms with Crippen LogP contribution in [0.25, 0.3) is 0 Å². The van der Waals surface area contributed by atoms with E-state index in [-0.39, 0.29) is 30.9 Å². The fraction of sp³-hybridized carbons (Fsp3) is 0.818. The first kappa shape index (κ1) is 15.9. The quantitative estimate of drug-likeness (QED) is 0.635. The average molecular weight is 245 g/mol. The standard InChI is InChI=1S/C11H23N3O3/c1-9(8-17-5)12-10(15)6-14(4)7-11(16)13(2)3/h9H,6-8H2,1-5H3,(H,12,15). The van der Waals surface area contributed by atoms with Crippen molar-refractivity contribution in [2.24, 2.45) is 0 Å². The minimum atomic E-state index is -0.108. The zero-order valence-corrected chi connectivity index (χ0v) is 11.3. The Morgan fingerprint density at radius 1 is 1.24 bits per heavy atom. The third-order valence-corrected chi connectivity index (χ3v) is 2.14. The number of nitrogens with one attached hydrogen (secondary N) is 1. The zero-order chi connectivity index (χ0) is 13.4. The van der Waals surface area contributed by atoms with Crippen LogP contribution in [0.4, 0.5) is 0 Å². The van der Waals surface area contributed by atoms with Gasteiger partial charge in [-0.2, -0.15) is 0 Å². The Bertz CT molecular complexity index is 256. The molecule has 1 unspecified atom stereocenters. The molecule has 0 saturated carbocycles. The van der Waals surface area contributed by atoms with Gasteiger partial charge in [-0.1, -0.05) is 0 Å². The van der Waals surface area contributed by atoms with Gasteiger partial charge in [-0.3, -0.25) is 14.5 Å². The first-order chi connectivity index (χ1) is 7.86. The van der Waals surface area contributed by atoms with Gasteiger partial charge in [0, 0.05) is 27.2 Å². The third kappa shape index (κ3) is 7.70. The largest absolute Gasteiger partial charge is 0.383 e. The maximum atomic E-state index is 11.6. The molecular formula is C11H23N3O3. The van der Waals surface area contributed by atoms with Crippen molar-refractivity contribution in [3.05, 3.63) is 0 Å². The first-order valence-electron chi connectivity index (χ1n) is 5.53. The van der Waals surface area contributed by atoms with Gasteiger partial charge in [0.1, 0.15) is 0 Å². The molecule has 0 aromatic heterocycles. The molecule has 1 N–H and O–H groups in total. The van der Waals surface area contributed by atoms with Gasteiger partial charge >= 0.3 is 0 Å². The molecule has 0 spiro atoms. The molecule has 0 aliphatic rings. The Morgan fingerprint density at radius 2 is 1.82 bits per heavy atom. The summed E-state index contributed by atoms with van der Waals surface area (Å²) in [6.45, 7) is 2.78. The highest BCUT2D eigenvalue weighted by Gasteiger charge is 2.13. The Hall–Kier alpha value is -1.14. The van der Waals surface area contributed by atoms with Crippen LogP contribution in [0, 0.1) is 0 Å². The summed E-state index contributed by atoms with van der Waals surface area (Å²) in [6, 6.07) is -0.0227. The number of methoxy groups -OCH3 is 1. The van der Waals surface area contributed by atoms with E-state index in [0.29, 0.717) is 6.61 Å². The van der Waals surface area contributed by atoms with Crippen LogP contribution in [0.15, 0.2) is 0 Å². The Labute approximate surface area is 103 Å². The average Bonchev–Trinajstić information content (AvgIpc) is 2.16. The third-order valence-electron chi connectivity index (χ3n) is 2.14. The van der Waals surface area contributed by atoms with E-state index in [2.05, 4.69) is 5.32 Å². The molecule has 0 aliphatic carbocycles. The highest BCUT2D eigenvalue weighted by Crippen LogP contribution is 1.88. The molecule has 0 heterocycles. The van der Waals surface area contributed by atoms with Crippen molar-refractivity contribution in [2.45, 2.75) is 13.0 Å². The fourth-order valence-electron chi connectivity index (χ4n) is 1.29. The van der Waals surface area contributed by atoms with Crippen molar-refractivity contribution >= 4 is 11.8 Å². The SMILES string of the molecule is COCC(C)NC(=O)CN(C)CC(=O)N(C)C. The lowest BCUT2D eigenvalue weighted by atomic mass is 10.3. The molecule has 0 aromatic rings. The highest BCUT2D eigenvalue weighted by atomic mass is 16.5. The Kier molecular flexibility index (Phi) is 7.49. The van der Waals surface area contributed by atoms with Gasteiger partial charge in [0.2, 0.25) is 11.8 Å². The van der Waals surface area contributed by atoms with Crippen molar-refractivity contribution in [3.63, 3.8) is 0 Å². The second kappa shape index (κ2) is 8.03. The number of ether oxygens (including phenoxy) is 1. The van der Waals surface area contributed by atoms with Crippen molar-refractivity contribution in [3.8, 4) is 0 Å². The maximum Gasteiger partial charge on any atom is 0.236 e. The normalized spacial score (nSPS) is 12.4. The lowest BCUT2D eigenvalue weighted by Crippen LogP contribution is -2.44. The molecule has 6 heteroatoms. The van der Waals surface area contributed by atoms with Crippen LogP contribution in [0.5, 0.6) is 0 Å². The molecule has 0 radical (unpaired) electrons. The van der Waals surface area contributed by atoms with Crippen LogP contribution in [-0.4, -0.2) is 75.6 Å². The monoisotopic (exact) mass is 245 g/mol. The summed E-state index contributed by atoms with van der Waals surface area (Å²) < 4.78 is 4.92.